The zero-order chi connectivity index (χ0) is 26.4. The molecule has 0 saturated carbocycles. The maximum absolute atomic E-state index is 7.01. The second-order valence-electron chi connectivity index (χ2n) is 12.2. The van der Waals surface area contributed by atoms with Crippen molar-refractivity contribution in [2.45, 2.75) is 40.0 Å². The molecule has 0 radical (unpaired) electrons. The number of fused-ring (bicyclic) bond motifs is 11. The molecule has 0 amide bonds. The topological polar surface area (TPSA) is 31.7 Å². The zero-order valence-corrected chi connectivity index (χ0v) is 22.7. The van der Waals surface area contributed by atoms with E-state index in [2.05, 4.69) is 104 Å². The molecule has 3 aromatic heterocycles. The van der Waals surface area contributed by atoms with E-state index >= 15 is 0 Å². The molecule has 2 aliphatic heterocycles. The Kier molecular flexibility index (Phi) is 3.75. The van der Waals surface area contributed by atoms with Gasteiger partial charge in [-0.05, 0) is 76.9 Å². The summed E-state index contributed by atoms with van der Waals surface area (Å²) < 4.78 is 18.2. The predicted molar refractivity (Wildman–Crippen MR) is 161 cm³/mol. The normalized spacial score (nSPS) is 13.9. The molecule has 5 heteroatoms. The molecule has 0 atom stereocenters. The first kappa shape index (κ1) is 21.5. The standard InChI is InChI=1S/C34H27BN2O2/c1-18-19(2)37-25-16-20(34(3,4)5)17-28-31(25)35(30-21-10-6-8-12-24(21)36(18)33(30)37)23-14-15-27-29(32(23)39-28)22-11-7-9-13-26(22)38-27/h6-17H,1-5H3. The molecular formula is C34H27BN2O2. The van der Waals surface area contributed by atoms with Gasteiger partial charge in [0.1, 0.15) is 28.3 Å². The number of furan rings is 1. The Morgan fingerprint density at radius 3 is 2.36 bits per heavy atom. The van der Waals surface area contributed by atoms with E-state index in [0.717, 1.165) is 33.4 Å². The first-order valence-corrected chi connectivity index (χ1v) is 13.7. The second kappa shape index (κ2) is 6.79. The summed E-state index contributed by atoms with van der Waals surface area (Å²) >= 11 is 0. The lowest BCUT2D eigenvalue weighted by atomic mass is 9.34. The molecule has 2 aliphatic rings. The quantitative estimate of drug-likeness (QED) is 0.216. The molecule has 4 aromatic carbocycles. The van der Waals surface area contributed by atoms with Crippen LogP contribution in [-0.2, 0) is 5.41 Å². The highest BCUT2D eigenvalue weighted by atomic mass is 16.5. The van der Waals surface area contributed by atoms with E-state index in [4.69, 9.17) is 9.15 Å². The van der Waals surface area contributed by atoms with Crippen LogP contribution in [0.5, 0.6) is 11.5 Å². The van der Waals surface area contributed by atoms with Gasteiger partial charge in [0.2, 0.25) is 0 Å². The fourth-order valence-corrected chi connectivity index (χ4v) is 7.18. The van der Waals surface area contributed by atoms with Gasteiger partial charge in [0, 0.05) is 22.5 Å². The molecule has 0 spiro atoms. The lowest BCUT2D eigenvalue weighted by molar-refractivity contribution is 0.488. The van der Waals surface area contributed by atoms with Gasteiger partial charge in [-0.25, -0.2) is 0 Å². The Hall–Kier alpha value is -4.38. The second-order valence-corrected chi connectivity index (χ2v) is 12.2. The Balaban J connectivity index is 1.51. The maximum Gasteiger partial charge on any atom is 0.259 e. The highest BCUT2D eigenvalue weighted by molar-refractivity contribution is 7.00. The van der Waals surface area contributed by atoms with Crippen molar-refractivity contribution >= 4 is 61.6 Å². The molecular weight excluding hydrogens is 479 g/mol. The van der Waals surface area contributed by atoms with Gasteiger partial charge in [-0.1, -0.05) is 63.2 Å². The van der Waals surface area contributed by atoms with Gasteiger partial charge >= 0.3 is 0 Å². The zero-order valence-electron chi connectivity index (χ0n) is 22.7. The molecule has 4 nitrogen and oxygen atoms in total. The van der Waals surface area contributed by atoms with Gasteiger partial charge in [-0.15, -0.1) is 0 Å². The van der Waals surface area contributed by atoms with Gasteiger partial charge in [0.15, 0.2) is 0 Å². The molecule has 7 aromatic rings. The van der Waals surface area contributed by atoms with Crippen LogP contribution >= 0.6 is 0 Å². The smallest absolute Gasteiger partial charge is 0.259 e. The summed E-state index contributed by atoms with van der Waals surface area (Å²) in [5.74, 6) is 1.87. The Labute approximate surface area is 226 Å². The van der Waals surface area contributed by atoms with Crippen molar-refractivity contribution in [2.75, 3.05) is 0 Å². The monoisotopic (exact) mass is 506 g/mol. The minimum atomic E-state index is -0.0294. The van der Waals surface area contributed by atoms with Gasteiger partial charge < -0.3 is 9.15 Å². The van der Waals surface area contributed by atoms with E-state index < -0.39 is 0 Å². The molecule has 0 bridgehead atoms. The van der Waals surface area contributed by atoms with Crippen molar-refractivity contribution in [2.24, 2.45) is 0 Å². The number of aromatic nitrogens is 2. The van der Waals surface area contributed by atoms with Gasteiger partial charge in [-0.2, -0.15) is 0 Å². The summed E-state index contributed by atoms with van der Waals surface area (Å²) in [5.41, 5.74) is 13.1. The summed E-state index contributed by atoms with van der Waals surface area (Å²) in [6.07, 6.45) is 0. The van der Waals surface area contributed by atoms with Crippen LogP contribution < -0.4 is 21.1 Å². The molecule has 0 fully saturated rings. The Morgan fingerprint density at radius 1 is 0.769 bits per heavy atom. The van der Waals surface area contributed by atoms with Crippen LogP contribution in [0.4, 0.5) is 0 Å². The van der Waals surface area contributed by atoms with Crippen molar-refractivity contribution in [1.82, 2.24) is 8.97 Å². The molecule has 0 unspecified atom stereocenters. The summed E-state index contributed by atoms with van der Waals surface area (Å²) in [6, 6.07) is 26.2. The molecule has 5 heterocycles. The molecule has 188 valence electrons. The van der Waals surface area contributed by atoms with Crippen molar-refractivity contribution < 1.29 is 9.15 Å². The van der Waals surface area contributed by atoms with Crippen LogP contribution in [0.15, 0.2) is 77.2 Å². The lowest BCUT2D eigenvalue weighted by Gasteiger charge is -2.34. The summed E-state index contributed by atoms with van der Waals surface area (Å²) in [5, 5.41) is 3.46. The van der Waals surface area contributed by atoms with Crippen LogP contribution in [0, 0.1) is 13.8 Å². The first-order chi connectivity index (χ1) is 18.8. The average Bonchev–Trinajstić information content (AvgIpc) is 3.55. The number of benzene rings is 4. The largest absolute Gasteiger partial charge is 0.458 e. The van der Waals surface area contributed by atoms with Crippen LogP contribution in [0.1, 0.15) is 37.7 Å². The van der Waals surface area contributed by atoms with Crippen molar-refractivity contribution in [3.63, 3.8) is 0 Å². The average molecular weight is 506 g/mol. The number of hydrogen-bond donors (Lipinski definition) is 0. The van der Waals surface area contributed by atoms with Crippen molar-refractivity contribution in [3.05, 3.63) is 89.7 Å². The number of para-hydroxylation sites is 2. The van der Waals surface area contributed by atoms with E-state index in [9.17, 15) is 0 Å². The van der Waals surface area contributed by atoms with Gasteiger partial charge in [0.05, 0.1) is 10.9 Å². The number of rotatable bonds is 0. The molecule has 39 heavy (non-hydrogen) atoms. The summed E-state index contributed by atoms with van der Waals surface area (Å²) in [4.78, 5) is 0. The van der Waals surface area contributed by atoms with Gasteiger partial charge in [0.25, 0.3) is 6.71 Å². The highest BCUT2D eigenvalue weighted by Gasteiger charge is 2.44. The van der Waals surface area contributed by atoms with Crippen LogP contribution in [0.25, 0.3) is 44.2 Å². The molecule has 9 rings (SSSR count). The molecule has 0 aliphatic carbocycles. The third-order valence-electron chi connectivity index (χ3n) is 9.15. The van der Waals surface area contributed by atoms with Crippen molar-refractivity contribution in [1.29, 1.82) is 0 Å². The SMILES string of the molecule is Cc1c(C)n2c3ccccc3c3c2n1-c1cc(C(C)(C)C)cc2c1B3c1ccc3oc4ccccc4c3c1O2. The lowest BCUT2D eigenvalue weighted by Crippen LogP contribution is -2.58. The number of hydrogen-bond acceptors (Lipinski definition) is 2. The predicted octanol–water partition coefficient (Wildman–Crippen LogP) is 6.63. The Bertz CT molecular complexity index is 2220. The maximum atomic E-state index is 7.01. The van der Waals surface area contributed by atoms with E-state index in [1.165, 1.54) is 55.6 Å². The third kappa shape index (κ3) is 2.47. The van der Waals surface area contributed by atoms with E-state index in [0.29, 0.717) is 0 Å². The van der Waals surface area contributed by atoms with Crippen molar-refractivity contribution in [3.8, 4) is 17.2 Å². The minimum absolute atomic E-state index is 0.0294. The Morgan fingerprint density at radius 2 is 1.54 bits per heavy atom. The molecule has 0 saturated heterocycles. The first-order valence-electron chi connectivity index (χ1n) is 13.7. The number of ether oxygens (including phenoxy) is 1. The summed E-state index contributed by atoms with van der Waals surface area (Å²) in [6.45, 7) is 11.4. The highest BCUT2D eigenvalue weighted by Crippen LogP contribution is 2.42. The third-order valence-corrected chi connectivity index (χ3v) is 9.15. The van der Waals surface area contributed by atoms with Crippen LogP contribution in [0.2, 0.25) is 0 Å². The van der Waals surface area contributed by atoms with Crippen LogP contribution in [-0.4, -0.2) is 15.7 Å². The van der Waals surface area contributed by atoms with Gasteiger partial charge in [-0.3, -0.25) is 8.97 Å². The van der Waals surface area contributed by atoms with E-state index in [1.807, 2.05) is 12.1 Å². The van der Waals surface area contributed by atoms with E-state index in [1.54, 1.807) is 0 Å². The van der Waals surface area contributed by atoms with Crippen LogP contribution in [0.3, 0.4) is 0 Å². The number of nitrogens with zero attached hydrogens (tertiary/aromatic N) is 2. The van der Waals surface area contributed by atoms with E-state index in [-0.39, 0.29) is 12.1 Å². The fraction of sp³-hybridized carbons (Fsp3) is 0.176. The molecule has 0 N–H and O–H groups in total. The minimum Gasteiger partial charge on any atom is -0.458 e. The fourth-order valence-electron chi connectivity index (χ4n) is 7.18. The number of aryl methyl sites for hydroxylation is 1. The summed E-state index contributed by atoms with van der Waals surface area (Å²) in [7, 11) is 0. The number of imidazole rings is 1.